The van der Waals surface area contributed by atoms with Crippen LogP contribution in [0.5, 0.6) is 0 Å². The summed E-state index contributed by atoms with van der Waals surface area (Å²) in [5.41, 5.74) is 0.876. The normalized spacial score (nSPS) is 30.1. The van der Waals surface area contributed by atoms with Crippen LogP contribution in [0.1, 0.15) is 19.8 Å². The molecule has 2 heteroatoms. The summed E-state index contributed by atoms with van der Waals surface area (Å²) in [6, 6.07) is 0. The molecule has 0 unspecified atom stereocenters. The third kappa shape index (κ3) is 1.53. The van der Waals surface area contributed by atoms with E-state index < -0.39 is 0 Å². The van der Waals surface area contributed by atoms with E-state index in [4.69, 9.17) is 4.74 Å². The third-order valence-electron chi connectivity index (χ3n) is 2.71. The molecule has 0 saturated heterocycles. The topological polar surface area (TPSA) is 26.3 Å². The fourth-order valence-electron chi connectivity index (χ4n) is 2.03. The lowest BCUT2D eigenvalue weighted by molar-refractivity contribution is -0.139. The zero-order valence-corrected chi connectivity index (χ0v) is 7.82. The fraction of sp³-hybridized carbons (Fsp3) is 0.545. The van der Waals surface area contributed by atoms with E-state index in [9.17, 15) is 4.79 Å². The first-order valence-corrected chi connectivity index (χ1v) is 4.88. The minimum atomic E-state index is -0.124. The molecule has 3 aliphatic rings. The molecule has 0 N–H and O–H groups in total. The van der Waals surface area contributed by atoms with Gasteiger partial charge in [0.25, 0.3) is 0 Å². The number of ether oxygens (including phenoxy) is 1. The Labute approximate surface area is 78.3 Å². The minimum absolute atomic E-state index is 0.124. The Morgan fingerprint density at radius 2 is 2.38 bits per heavy atom. The van der Waals surface area contributed by atoms with Gasteiger partial charge in [0.1, 0.15) is 0 Å². The van der Waals surface area contributed by atoms with Crippen LogP contribution in [0.3, 0.4) is 0 Å². The quantitative estimate of drug-likeness (QED) is 0.478. The van der Waals surface area contributed by atoms with Crippen molar-refractivity contribution in [1.29, 1.82) is 0 Å². The van der Waals surface area contributed by atoms with E-state index in [1.165, 1.54) is 6.42 Å². The number of esters is 1. The molecule has 2 nitrogen and oxygen atoms in total. The zero-order valence-electron chi connectivity index (χ0n) is 7.82. The average molecular weight is 178 g/mol. The number of fused-ring (bicyclic) bond motifs is 1. The Morgan fingerprint density at radius 1 is 1.54 bits per heavy atom. The molecule has 2 atom stereocenters. The number of carbonyl (C=O) groups is 1. The SMILES string of the molecule is CCOC(=O)C1=C[C@@H]2C=C[C@H]1CC2. The maximum Gasteiger partial charge on any atom is 0.334 e. The Hall–Kier alpha value is -1.05. The van der Waals surface area contributed by atoms with E-state index in [1.807, 2.05) is 6.92 Å². The molecule has 0 aromatic rings. The van der Waals surface area contributed by atoms with Crippen LogP contribution in [0, 0.1) is 11.8 Å². The number of rotatable bonds is 2. The standard InChI is InChI=1S/C11H14O2/c1-2-13-11(12)10-7-8-3-5-9(10)6-4-8/h3,5,7-9H,2,4,6H2,1H3/t8-,9+/m1/s1. The summed E-state index contributed by atoms with van der Waals surface area (Å²) in [6.45, 7) is 2.31. The van der Waals surface area contributed by atoms with Gasteiger partial charge in [0, 0.05) is 11.5 Å². The Morgan fingerprint density at radius 3 is 2.85 bits per heavy atom. The van der Waals surface area contributed by atoms with Gasteiger partial charge in [-0.3, -0.25) is 0 Å². The third-order valence-corrected chi connectivity index (χ3v) is 2.71. The molecule has 0 aromatic carbocycles. The largest absolute Gasteiger partial charge is 0.463 e. The maximum atomic E-state index is 11.5. The lowest BCUT2D eigenvalue weighted by Crippen LogP contribution is -2.23. The van der Waals surface area contributed by atoms with Crippen LogP contribution in [0.4, 0.5) is 0 Å². The highest BCUT2D eigenvalue weighted by Gasteiger charge is 2.29. The monoisotopic (exact) mass is 178 g/mol. The molecule has 0 spiro atoms. The van der Waals surface area contributed by atoms with E-state index in [1.54, 1.807) is 0 Å². The van der Waals surface area contributed by atoms with Gasteiger partial charge in [-0.15, -0.1) is 0 Å². The van der Waals surface area contributed by atoms with Crippen LogP contribution in [0.2, 0.25) is 0 Å². The van der Waals surface area contributed by atoms with Crippen molar-refractivity contribution in [3.63, 3.8) is 0 Å². The fourth-order valence-corrected chi connectivity index (χ4v) is 2.03. The molecule has 3 aliphatic carbocycles. The van der Waals surface area contributed by atoms with Gasteiger partial charge in [-0.1, -0.05) is 18.2 Å². The summed E-state index contributed by atoms with van der Waals surface area (Å²) >= 11 is 0. The van der Waals surface area contributed by atoms with Crippen LogP contribution in [0.15, 0.2) is 23.8 Å². The number of hydrogen-bond donors (Lipinski definition) is 0. The van der Waals surface area contributed by atoms with E-state index in [2.05, 4.69) is 18.2 Å². The second-order valence-electron chi connectivity index (χ2n) is 3.58. The van der Waals surface area contributed by atoms with Crippen molar-refractivity contribution < 1.29 is 9.53 Å². The summed E-state index contributed by atoms with van der Waals surface area (Å²) in [5, 5.41) is 0. The zero-order chi connectivity index (χ0) is 9.26. The number of carbonyl (C=O) groups excluding carboxylic acids is 1. The van der Waals surface area contributed by atoms with Crippen molar-refractivity contribution in [3.8, 4) is 0 Å². The van der Waals surface area contributed by atoms with Gasteiger partial charge >= 0.3 is 5.97 Å². The van der Waals surface area contributed by atoms with Crippen LogP contribution in [-0.2, 0) is 9.53 Å². The minimum Gasteiger partial charge on any atom is -0.463 e. The van der Waals surface area contributed by atoms with Crippen molar-refractivity contribution in [2.24, 2.45) is 11.8 Å². The molecular formula is C11H14O2. The molecule has 3 rings (SSSR count). The van der Waals surface area contributed by atoms with Crippen molar-refractivity contribution in [1.82, 2.24) is 0 Å². The second kappa shape index (κ2) is 3.36. The predicted octanol–water partition coefficient (Wildman–Crippen LogP) is 2.07. The van der Waals surface area contributed by atoms with E-state index in [0.717, 1.165) is 12.0 Å². The molecule has 70 valence electrons. The van der Waals surface area contributed by atoms with Gasteiger partial charge < -0.3 is 4.74 Å². The van der Waals surface area contributed by atoms with Crippen molar-refractivity contribution in [2.75, 3.05) is 6.61 Å². The Kier molecular flexibility index (Phi) is 2.21. The lowest BCUT2D eigenvalue weighted by Gasteiger charge is -2.28. The molecule has 0 saturated carbocycles. The van der Waals surface area contributed by atoms with Crippen LogP contribution in [0.25, 0.3) is 0 Å². The summed E-state index contributed by atoms with van der Waals surface area (Å²) in [5.74, 6) is 0.676. The molecule has 0 aromatic heterocycles. The van der Waals surface area contributed by atoms with Gasteiger partial charge in [0.05, 0.1) is 6.61 Å². The Bertz CT molecular complexity index is 276. The van der Waals surface area contributed by atoms with Gasteiger partial charge in [-0.05, 0) is 25.7 Å². The van der Waals surface area contributed by atoms with Gasteiger partial charge in [-0.2, -0.15) is 0 Å². The molecule has 0 radical (unpaired) electrons. The maximum absolute atomic E-state index is 11.5. The van der Waals surface area contributed by atoms with Crippen molar-refractivity contribution >= 4 is 5.97 Å². The van der Waals surface area contributed by atoms with E-state index >= 15 is 0 Å². The molecular weight excluding hydrogens is 164 g/mol. The van der Waals surface area contributed by atoms with Gasteiger partial charge in [0.2, 0.25) is 0 Å². The van der Waals surface area contributed by atoms with Crippen LogP contribution >= 0.6 is 0 Å². The van der Waals surface area contributed by atoms with E-state index in [-0.39, 0.29) is 5.97 Å². The molecule has 2 bridgehead atoms. The first kappa shape index (κ1) is 8.54. The van der Waals surface area contributed by atoms with E-state index in [0.29, 0.717) is 18.4 Å². The van der Waals surface area contributed by atoms with Crippen molar-refractivity contribution in [3.05, 3.63) is 23.8 Å². The molecule has 0 heterocycles. The summed E-state index contributed by atoms with van der Waals surface area (Å²) in [6.07, 6.45) is 8.68. The van der Waals surface area contributed by atoms with Gasteiger partial charge in [-0.25, -0.2) is 4.79 Å². The first-order valence-electron chi connectivity index (χ1n) is 4.88. The number of hydrogen-bond acceptors (Lipinski definition) is 2. The summed E-state index contributed by atoms with van der Waals surface area (Å²) < 4.78 is 4.99. The first-order chi connectivity index (χ1) is 6.31. The van der Waals surface area contributed by atoms with Crippen LogP contribution in [-0.4, -0.2) is 12.6 Å². The highest BCUT2D eigenvalue weighted by atomic mass is 16.5. The molecule has 13 heavy (non-hydrogen) atoms. The average Bonchev–Trinajstić information content (AvgIpc) is 2.20. The highest BCUT2D eigenvalue weighted by Crippen LogP contribution is 2.35. The Balaban J connectivity index is 2.13. The predicted molar refractivity (Wildman–Crippen MR) is 50.1 cm³/mol. The molecule has 0 aliphatic heterocycles. The summed E-state index contributed by atoms with van der Waals surface area (Å²) in [7, 11) is 0. The highest BCUT2D eigenvalue weighted by molar-refractivity contribution is 5.90. The molecule has 0 amide bonds. The lowest BCUT2D eigenvalue weighted by atomic mass is 9.77. The summed E-state index contributed by atoms with van der Waals surface area (Å²) in [4.78, 5) is 11.5. The molecule has 0 fully saturated rings. The second-order valence-corrected chi connectivity index (χ2v) is 3.58. The van der Waals surface area contributed by atoms with Crippen LogP contribution < -0.4 is 0 Å². The smallest absolute Gasteiger partial charge is 0.334 e. The van der Waals surface area contributed by atoms with Gasteiger partial charge in [0.15, 0.2) is 0 Å². The number of allylic oxidation sites excluding steroid dienone is 3. The van der Waals surface area contributed by atoms with Crippen molar-refractivity contribution in [2.45, 2.75) is 19.8 Å².